The van der Waals surface area contributed by atoms with Gasteiger partial charge in [0.1, 0.15) is 42.4 Å². The van der Waals surface area contributed by atoms with E-state index in [-0.39, 0.29) is 5.91 Å². The van der Waals surface area contributed by atoms with Crippen molar-refractivity contribution in [3.8, 4) is 5.75 Å². The van der Waals surface area contributed by atoms with Crippen molar-refractivity contribution in [1.82, 2.24) is 0 Å². The summed E-state index contributed by atoms with van der Waals surface area (Å²) in [6, 6.07) is 6.62. The Bertz CT molecular complexity index is 755. The molecular formula is C20H27NO10. The van der Waals surface area contributed by atoms with E-state index in [9.17, 15) is 30.3 Å². The number of hydrogen-bond acceptors (Lipinski definition) is 10. The second kappa shape index (κ2) is 10.5. The van der Waals surface area contributed by atoms with E-state index in [1.165, 1.54) is 6.92 Å². The normalized spacial score (nSPS) is 35.5. The molecule has 2 aliphatic rings. The van der Waals surface area contributed by atoms with Gasteiger partial charge in [0.2, 0.25) is 12.2 Å². The molecule has 0 aliphatic carbocycles. The smallest absolute Gasteiger partial charge is 0.221 e. The molecule has 1 aromatic carbocycles. The lowest BCUT2D eigenvalue weighted by Gasteiger charge is -2.42. The number of aliphatic hydroxyl groups is 5. The fourth-order valence-electron chi connectivity index (χ4n) is 3.26. The molecule has 6 N–H and O–H groups in total. The molecule has 0 aromatic heterocycles. The number of hydrogen-bond donors (Lipinski definition) is 6. The highest BCUT2D eigenvalue weighted by Crippen LogP contribution is 2.27. The van der Waals surface area contributed by atoms with Gasteiger partial charge < -0.3 is 49.8 Å². The second-order valence-corrected chi connectivity index (χ2v) is 7.23. The van der Waals surface area contributed by atoms with Gasteiger partial charge in [-0.05, 0) is 30.3 Å². The van der Waals surface area contributed by atoms with E-state index in [1.54, 1.807) is 36.4 Å². The first-order valence-electron chi connectivity index (χ1n) is 9.77. The minimum Gasteiger partial charge on any atom is -0.461 e. The highest BCUT2D eigenvalue weighted by Gasteiger charge is 2.45. The molecule has 8 atom stereocenters. The molecule has 0 saturated carbocycles. The Hall–Kier alpha value is -2.09. The van der Waals surface area contributed by atoms with Crippen molar-refractivity contribution in [1.29, 1.82) is 0 Å². The van der Waals surface area contributed by atoms with Crippen molar-refractivity contribution in [2.75, 3.05) is 18.5 Å². The minimum absolute atomic E-state index is 0.191. The number of carbonyl (C=O) groups excluding carboxylic acids is 1. The summed E-state index contributed by atoms with van der Waals surface area (Å²) >= 11 is 0. The molecule has 11 nitrogen and oxygen atoms in total. The third-order valence-electron chi connectivity index (χ3n) is 4.88. The molecule has 11 heteroatoms. The van der Waals surface area contributed by atoms with Crippen LogP contribution < -0.4 is 10.1 Å². The Labute approximate surface area is 178 Å². The Morgan fingerprint density at radius 2 is 1.65 bits per heavy atom. The van der Waals surface area contributed by atoms with E-state index < -0.39 is 62.4 Å². The second-order valence-electron chi connectivity index (χ2n) is 7.23. The van der Waals surface area contributed by atoms with E-state index in [1.807, 2.05) is 0 Å². The topological polar surface area (TPSA) is 167 Å². The van der Waals surface area contributed by atoms with Gasteiger partial charge in [0.25, 0.3) is 0 Å². The third-order valence-corrected chi connectivity index (χ3v) is 4.88. The maximum atomic E-state index is 11.1. The summed E-state index contributed by atoms with van der Waals surface area (Å²) in [6.45, 7) is 0.387. The number of benzene rings is 1. The summed E-state index contributed by atoms with van der Waals surface area (Å²) in [5.41, 5.74) is 0.612. The Morgan fingerprint density at radius 3 is 2.26 bits per heavy atom. The Balaban J connectivity index is 1.62. The average Bonchev–Trinajstić information content (AvgIpc) is 2.76. The van der Waals surface area contributed by atoms with Crippen molar-refractivity contribution in [2.24, 2.45) is 0 Å². The number of carbonyl (C=O) groups is 1. The molecule has 1 saturated heterocycles. The van der Waals surface area contributed by atoms with Crippen molar-refractivity contribution in [3.05, 3.63) is 36.4 Å². The van der Waals surface area contributed by atoms with Gasteiger partial charge in [0.15, 0.2) is 6.29 Å². The van der Waals surface area contributed by atoms with Crippen LogP contribution in [0.1, 0.15) is 6.92 Å². The predicted octanol–water partition coefficient (Wildman–Crippen LogP) is -1.52. The molecule has 172 valence electrons. The zero-order chi connectivity index (χ0) is 22.5. The van der Waals surface area contributed by atoms with E-state index >= 15 is 0 Å². The highest BCUT2D eigenvalue weighted by atomic mass is 16.7. The molecule has 0 bridgehead atoms. The van der Waals surface area contributed by atoms with Crippen LogP contribution >= 0.6 is 0 Å². The van der Waals surface area contributed by atoms with Crippen LogP contribution in [0.4, 0.5) is 5.69 Å². The fraction of sp³-hybridized carbons (Fsp3) is 0.550. The van der Waals surface area contributed by atoms with Gasteiger partial charge in [0, 0.05) is 12.6 Å². The number of anilines is 1. The molecule has 1 aromatic rings. The molecule has 3 rings (SSSR count). The van der Waals surface area contributed by atoms with Crippen LogP contribution in [0.3, 0.4) is 0 Å². The van der Waals surface area contributed by atoms with Crippen LogP contribution in [-0.2, 0) is 19.0 Å². The van der Waals surface area contributed by atoms with Gasteiger partial charge in [-0.3, -0.25) is 4.79 Å². The number of rotatable bonds is 7. The number of amides is 1. The monoisotopic (exact) mass is 441 g/mol. The van der Waals surface area contributed by atoms with E-state index in [4.69, 9.17) is 18.9 Å². The van der Waals surface area contributed by atoms with Crippen LogP contribution in [0.5, 0.6) is 5.75 Å². The van der Waals surface area contributed by atoms with Gasteiger partial charge in [0.05, 0.1) is 13.2 Å². The van der Waals surface area contributed by atoms with Crippen LogP contribution in [0.25, 0.3) is 0 Å². The zero-order valence-electron chi connectivity index (χ0n) is 16.8. The number of aliphatic hydroxyl groups excluding tert-OH is 5. The summed E-state index contributed by atoms with van der Waals surface area (Å²) < 4.78 is 22.3. The van der Waals surface area contributed by atoms with Gasteiger partial charge in [-0.15, -0.1) is 0 Å². The molecule has 2 aliphatic heterocycles. The lowest BCUT2D eigenvalue weighted by Crippen LogP contribution is -2.60. The molecule has 0 radical (unpaired) electrons. The van der Waals surface area contributed by atoms with Gasteiger partial charge in [-0.1, -0.05) is 6.08 Å². The van der Waals surface area contributed by atoms with Gasteiger partial charge >= 0.3 is 0 Å². The molecule has 31 heavy (non-hydrogen) atoms. The van der Waals surface area contributed by atoms with Crippen LogP contribution in [-0.4, -0.2) is 93.9 Å². The summed E-state index contributed by atoms with van der Waals surface area (Å²) in [5, 5.41) is 51.4. The first-order valence-corrected chi connectivity index (χ1v) is 9.77. The van der Waals surface area contributed by atoms with E-state index in [0.717, 1.165) is 0 Å². The molecular weight excluding hydrogens is 414 g/mol. The highest BCUT2D eigenvalue weighted by molar-refractivity contribution is 5.88. The van der Waals surface area contributed by atoms with Crippen molar-refractivity contribution in [3.63, 3.8) is 0 Å². The SMILES string of the molecule is CC(=O)Nc1ccc(O[C@@H]2C=C[C@H](OC3O[C@H](CO)[C@@H](O)[C@H](O)[C@H]3O)[C@@H](CO)O2)cc1. The largest absolute Gasteiger partial charge is 0.461 e. The number of nitrogens with one attached hydrogen (secondary N) is 1. The maximum absolute atomic E-state index is 11.1. The summed E-state index contributed by atoms with van der Waals surface area (Å²) in [6.07, 6.45) is -6.57. The van der Waals surface area contributed by atoms with E-state index in [2.05, 4.69) is 5.32 Å². The Morgan fingerprint density at radius 1 is 0.968 bits per heavy atom. The zero-order valence-corrected chi connectivity index (χ0v) is 16.8. The van der Waals surface area contributed by atoms with Crippen LogP contribution in [0, 0.1) is 0 Å². The molecule has 2 heterocycles. The molecule has 1 fully saturated rings. The minimum atomic E-state index is -1.58. The van der Waals surface area contributed by atoms with Crippen molar-refractivity contribution < 1.29 is 49.3 Å². The lowest BCUT2D eigenvalue weighted by molar-refractivity contribution is -0.317. The van der Waals surface area contributed by atoms with Crippen molar-refractivity contribution in [2.45, 2.75) is 56.1 Å². The number of ether oxygens (including phenoxy) is 4. The third kappa shape index (κ3) is 5.79. The summed E-state index contributed by atoms with van der Waals surface area (Å²) in [7, 11) is 0. The van der Waals surface area contributed by atoms with E-state index in [0.29, 0.717) is 11.4 Å². The molecule has 0 spiro atoms. The molecule has 1 unspecified atom stereocenters. The predicted molar refractivity (Wildman–Crippen MR) is 105 cm³/mol. The summed E-state index contributed by atoms with van der Waals surface area (Å²) in [4.78, 5) is 11.1. The first-order chi connectivity index (χ1) is 14.8. The van der Waals surface area contributed by atoms with Crippen LogP contribution in [0.15, 0.2) is 36.4 Å². The van der Waals surface area contributed by atoms with Gasteiger partial charge in [-0.2, -0.15) is 0 Å². The first kappa shape index (κ1) is 23.6. The van der Waals surface area contributed by atoms with Crippen molar-refractivity contribution >= 4 is 11.6 Å². The summed E-state index contributed by atoms with van der Waals surface area (Å²) in [5.74, 6) is 0.275. The maximum Gasteiger partial charge on any atom is 0.221 e. The van der Waals surface area contributed by atoms with Crippen LogP contribution in [0.2, 0.25) is 0 Å². The lowest BCUT2D eigenvalue weighted by atomic mass is 9.99. The quantitative estimate of drug-likeness (QED) is 0.274. The fourth-order valence-corrected chi connectivity index (χ4v) is 3.26. The Kier molecular flexibility index (Phi) is 7.97. The average molecular weight is 441 g/mol. The van der Waals surface area contributed by atoms with Gasteiger partial charge in [-0.25, -0.2) is 0 Å². The standard InChI is InChI=1S/C20H27NO10/c1-10(24)21-11-2-4-12(5-3-11)28-16-7-6-13(14(8-22)29-16)30-20-19(27)18(26)17(25)15(9-23)31-20/h2-7,13-20,22-23,25-27H,8-9H2,1H3,(H,21,24)/t13-,14+,15+,16-,17+,18-,19+,20?/m0/s1. The molecule has 1 amide bonds.